The van der Waals surface area contributed by atoms with Gasteiger partial charge in [0.1, 0.15) is 6.61 Å². The molecule has 0 bridgehead atoms. The van der Waals surface area contributed by atoms with Gasteiger partial charge in [0.2, 0.25) is 8.32 Å². The molecule has 0 spiro atoms. The zero-order chi connectivity index (χ0) is 8.20. The van der Waals surface area contributed by atoms with Crippen LogP contribution < -0.4 is 0 Å². The molecule has 0 rings (SSSR count). The molecule has 0 amide bonds. The van der Waals surface area contributed by atoms with Crippen molar-refractivity contribution in [3.05, 3.63) is 0 Å². The first-order valence-corrected chi connectivity index (χ1v) is 6.57. The van der Waals surface area contributed by atoms with Crippen molar-refractivity contribution in [2.24, 2.45) is 0 Å². The molecule has 60 valence electrons. The van der Waals surface area contributed by atoms with Crippen LogP contribution in [-0.2, 0) is 14.0 Å². The second kappa shape index (κ2) is 3.73. The summed E-state index contributed by atoms with van der Waals surface area (Å²) >= 11 is 0. The Morgan fingerprint density at radius 1 is 1.40 bits per heavy atom. The van der Waals surface area contributed by atoms with Crippen molar-refractivity contribution in [3.63, 3.8) is 0 Å². The van der Waals surface area contributed by atoms with Gasteiger partial charge in [-0.3, -0.25) is 4.79 Å². The van der Waals surface area contributed by atoms with Gasteiger partial charge >= 0.3 is 5.97 Å². The molecule has 0 aliphatic rings. The van der Waals surface area contributed by atoms with Crippen molar-refractivity contribution in [1.82, 2.24) is 0 Å². The molecule has 0 radical (unpaired) electrons. The van der Waals surface area contributed by atoms with Crippen molar-refractivity contribution in [2.45, 2.75) is 19.6 Å². The number of hydrogen-bond acceptors (Lipinski definition) is 3. The summed E-state index contributed by atoms with van der Waals surface area (Å²) in [5.41, 5.74) is 0. The van der Waals surface area contributed by atoms with Crippen molar-refractivity contribution >= 4 is 14.3 Å². The summed E-state index contributed by atoms with van der Waals surface area (Å²) in [6.45, 7) is 5.94. The molecule has 4 heteroatoms. The fraction of sp³-hybridized carbons (Fsp3) is 0.833. The second-order valence-corrected chi connectivity index (χ2v) is 7.45. The quantitative estimate of drug-likeness (QED) is 0.581. The monoisotopic (exact) mass is 162 g/mol. The maximum absolute atomic E-state index is 10.7. The van der Waals surface area contributed by atoms with E-state index in [0.717, 1.165) is 0 Å². The van der Waals surface area contributed by atoms with E-state index >= 15 is 0 Å². The van der Waals surface area contributed by atoms with Gasteiger partial charge in [-0.15, -0.1) is 0 Å². The molecule has 0 aromatic rings. The van der Waals surface area contributed by atoms with Crippen LogP contribution in [0.3, 0.4) is 0 Å². The lowest BCUT2D eigenvalue weighted by Crippen LogP contribution is -2.30. The molecule has 0 aliphatic carbocycles. The number of rotatable bonds is 3. The van der Waals surface area contributed by atoms with Gasteiger partial charge in [0, 0.05) is 7.11 Å². The molecule has 0 unspecified atom stereocenters. The average molecular weight is 162 g/mol. The Balaban J connectivity index is 3.58. The first kappa shape index (κ1) is 9.65. The third-order valence-electron chi connectivity index (χ3n) is 0.682. The minimum atomic E-state index is -1.69. The van der Waals surface area contributed by atoms with Gasteiger partial charge in [0.05, 0.1) is 0 Å². The van der Waals surface area contributed by atoms with Gasteiger partial charge in [0.25, 0.3) is 0 Å². The van der Waals surface area contributed by atoms with E-state index in [4.69, 9.17) is 4.43 Å². The van der Waals surface area contributed by atoms with Crippen LogP contribution in [-0.4, -0.2) is 28.0 Å². The van der Waals surface area contributed by atoms with Gasteiger partial charge in [-0.05, 0) is 19.6 Å². The zero-order valence-electron chi connectivity index (χ0n) is 6.93. The van der Waals surface area contributed by atoms with Gasteiger partial charge in [-0.25, -0.2) is 0 Å². The molecule has 10 heavy (non-hydrogen) atoms. The van der Waals surface area contributed by atoms with E-state index in [0.29, 0.717) is 0 Å². The molecular formula is C6H14O3Si. The molecule has 0 atom stereocenters. The lowest BCUT2D eigenvalue weighted by molar-refractivity contribution is -0.139. The van der Waals surface area contributed by atoms with Crippen LogP contribution >= 0.6 is 0 Å². The Kier molecular flexibility index (Phi) is 3.60. The number of methoxy groups -OCH3 is 1. The Morgan fingerprint density at radius 3 is 2.20 bits per heavy atom. The van der Waals surface area contributed by atoms with Crippen LogP contribution in [0, 0.1) is 0 Å². The van der Waals surface area contributed by atoms with Crippen LogP contribution in [0.25, 0.3) is 0 Å². The number of carbonyl (C=O) groups is 1. The lowest BCUT2D eigenvalue weighted by Gasteiger charge is -2.16. The standard InChI is InChI=1S/C6H14O3Si/c1-8-5-6(7)9-10(2,3)4/h5H2,1-4H3. The minimum absolute atomic E-state index is 0.0598. The Bertz CT molecular complexity index is 117. The summed E-state index contributed by atoms with van der Waals surface area (Å²) in [6.07, 6.45) is 0. The minimum Gasteiger partial charge on any atom is -0.518 e. The molecule has 3 nitrogen and oxygen atoms in total. The predicted molar refractivity (Wildman–Crippen MR) is 41.3 cm³/mol. The molecule has 0 N–H and O–H groups in total. The summed E-state index contributed by atoms with van der Waals surface area (Å²) in [6, 6.07) is 0. The Morgan fingerprint density at radius 2 is 1.90 bits per heavy atom. The molecule has 0 saturated heterocycles. The van der Waals surface area contributed by atoms with E-state index < -0.39 is 8.32 Å². The zero-order valence-corrected chi connectivity index (χ0v) is 7.93. The number of hydrogen-bond donors (Lipinski definition) is 0. The van der Waals surface area contributed by atoms with Gasteiger partial charge in [-0.2, -0.15) is 0 Å². The van der Waals surface area contributed by atoms with Crippen LogP contribution in [0.4, 0.5) is 0 Å². The van der Waals surface area contributed by atoms with Crippen LogP contribution in [0.1, 0.15) is 0 Å². The van der Waals surface area contributed by atoms with E-state index in [9.17, 15) is 4.79 Å². The fourth-order valence-electron chi connectivity index (χ4n) is 0.489. The van der Waals surface area contributed by atoms with Crippen molar-refractivity contribution in [2.75, 3.05) is 13.7 Å². The maximum Gasteiger partial charge on any atom is 0.318 e. The third-order valence-corrected chi connectivity index (χ3v) is 1.52. The molecule has 0 saturated carbocycles. The Hall–Kier alpha value is -0.353. The van der Waals surface area contributed by atoms with Gasteiger partial charge in [0.15, 0.2) is 0 Å². The van der Waals surface area contributed by atoms with E-state index in [1.807, 2.05) is 19.6 Å². The topological polar surface area (TPSA) is 35.5 Å². The maximum atomic E-state index is 10.7. The van der Waals surface area contributed by atoms with Crippen molar-refractivity contribution < 1.29 is 14.0 Å². The summed E-state index contributed by atoms with van der Waals surface area (Å²) in [7, 11) is -0.209. The molecule has 0 aromatic heterocycles. The summed E-state index contributed by atoms with van der Waals surface area (Å²) < 4.78 is 9.65. The first-order valence-electron chi connectivity index (χ1n) is 3.16. The highest BCUT2D eigenvalue weighted by Gasteiger charge is 2.19. The normalized spacial score (nSPS) is 11.2. The van der Waals surface area contributed by atoms with Crippen LogP contribution in [0.15, 0.2) is 0 Å². The molecule has 0 aromatic carbocycles. The highest BCUT2D eigenvalue weighted by atomic mass is 28.4. The lowest BCUT2D eigenvalue weighted by atomic mass is 10.8. The van der Waals surface area contributed by atoms with E-state index in [1.165, 1.54) is 7.11 Å². The van der Waals surface area contributed by atoms with Crippen molar-refractivity contribution in [1.29, 1.82) is 0 Å². The van der Waals surface area contributed by atoms with Gasteiger partial charge in [-0.1, -0.05) is 0 Å². The van der Waals surface area contributed by atoms with Gasteiger partial charge < -0.3 is 9.16 Å². The number of carbonyl (C=O) groups excluding carboxylic acids is 1. The van der Waals surface area contributed by atoms with E-state index in [2.05, 4.69) is 4.74 Å². The summed E-state index contributed by atoms with van der Waals surface area (Å²) in [5, 5.41) is 0. The smallest absolute Gasteiger partial charge is 0.318 e. The highest BCUT2D eigenvalue weighted by molar-refractivity contribution is 6.71. The third kappa shape index (κ3) is 5.78. The predicted octanol–water partition coefficient (Wildman–Crippen LogP) is 1.01. The fourth-order valence-corrected chi connectivity index (χ4v) is 1.23. The van der Waals surface area contributed by atoms with Crippen molar-refractivity contribution in [3.8, 4) is 0 Å². The largest absolute Gasteiger partial charge is 0.518 e. The van der Waals surface area contributed by atoms with E-state index in [-0.39, 0.29) is 12.6 Å². The molecule has 0 fully saturated rings. The number of ether oxygens (including phenoxy) is 1. The summed E-state index contributed by atoms with van der Waals surface area (Å²) in [5.74, 6) is -0.262. The molecule has 0 heterocycles. The Labute approximate surface area is 62.5 Å². The molecule has 0 aliphatic heterocycles. The van der Waals surface area contributed by atoms with E-state index in [1.54, 1.807) is 0 Å². The SMILES string of the molecule is COCC(=O)O[Si](C)(C)C. The average Bonchev–Trinajstić information content (AvgIpc) is 1.59. The van der Waals surface area contributed by atoms with Crippen LogP contribution in [0.2, 0.25) is 19.6 Å². The second-order valence-electron chi connectivity index (χ2n) is 3.02. The summed E-state index contributed by atoms with van der Waals surface area (Å²) in [4.78, 5) is 10.7. The first-order chi connectivity index (χ1) is 4.45. The molecular weight excluding hydrogens is 148 g/mol. The highest BCUT2D eigenvalue weighted by Crippen LogP contribution is 2.02. The van der Waals surface area contributed by atoms with Crippen LogP contribution in [0.5, 0.6) is 0 Å².